The summed E-state index contributed by atoms with van der Waals surface area (Å²) in [6.45, 7) is 3.41. The number of nitriles is 1. The minimum Gasteiger partial charge on any atom is -0.280 e. The first kappa shape index (κ1) is 14.2. The van der Waals surface area contributed by atoms with Crippen LogP contribution >= 0.6 is 0 Å². The standard InChI is InChI=1S/C17H17FN2/c1-2-20(13-14-7-4-3-5-8-14)17(12-19)15-9-6-10-16(18)11-15/h3-11,17H,2,13H2,1H3. The van der Waals surface area contributed by atoms with Crippen LogP contribution in [0.1, 0.15) is 24.1 Å². The molecule has 2 nitrogen and oxygen atoms in total. The van der Waals surface area contributed by atoms with E-state index in [-0.39, 0.29) is 5.82 Å². The van der Waals surface area contributed by atoms with Crippen molar-refractivity contribution in [2.75, 3.05) is 6.54 Å². The van der Waals surface area contributed by atoms with Gasteiger partial charge in [0.1, 0.15) is 11.9 Å². The minimum atomic E-state index is -0.434. The van der Waals surface area contributed by atoms with Crippen molar-refractivity contribution in [2.45, 2.75) is 19.5 Å². The van der Waals surface area contributed by atoms with Gasteiger partial charge in [-0.05, 0) is 29.8 Å². The summed E-state index contributed by atoms with van der Waals surface area (Å²) >= 11 is 0. The molecule has 0 spiro atoms. The van der Waals surface area contributed by atoms with Crippen molar-refractivity contribution in [3.05, 3.63) is 71.5 Å². The van der Waals surface area contributed by atoms with Crippen LogP contribution in [0.5, 0.6) is 0 Å². The van der Waals surface area contributed by atoms with Crippen molar-refractivity contribution >= 4 is 0 Å². The molecule has 0 bridgehead atoms. The molecular weight excluding hydrogens is 251 g/mol. The monoisotopic (exact) mass is 268 g/mol. The van der Waals surface area contributed by atoms with Crippen molar-refractivity contribution in [3.63, 3.8) is 0 Å². The Labute approximate surface area is 119 Å². The van der Waals surface area contributed by atoms with Gasteiger partial charge >= 0.3 is 0 Å². The third kappa shape index (κ3) is 3.43. The van der Waals surface area contributed by atoms with Crippen LogP contribution in [0.4, 0.5) is 4.39 Å². The fourth-order valence-corrected chi connectivity index (χ4v) is 2.25. The number of hydrogen-bond donors (Lipinski definition) is 0. The summed E-state index contributed by atoms with van der Waals surface area (Å²) in [5.74, 6) is -0.307. The molecule has 0 radical (unpaired) electrons. The molecule has 0 aliphatic heterocycles. The first-order valence-corrected chi connectivity index (χ1v) is 6.67. The van der Waals surface area contributed by atoms with E-state index in [0.717, 1.165) is 12.1 Å². The first-order chi connectivity index (χ1) is 9.74. The van der Waals surface area contributed by atoms with E-state index >= 15 is 0 Å². The van der Waals surface area contributed by atoms with Gasteiger partial charge in [-0.15, -0.1) is 0 Å². The fourth-order valence-electron chi connectivity index (χ4n) is 2.25. The maximum absolute atomic E-state index is 13.3. The van der Waals surface area contributed by atoms with Gasteiger partial charge in [-0.3, -0.25) is 4.90 Å². The summed E-state index contributed by atoms with van der Waals surface area (Å²) in [5, 5.41) is 9.44. The molecule has 2 aromatic carbocycles. The Bertz CT molecular complexity index is 589. The zero-order chi connectivity index (χ0) is 14.4. The highest BCUT2D eigenvalue weighted by Gasteiger charge is 2.19. The highest BCUT2D eigenvalue weighted by Crippen LogP contribution is 2.22. The molecule has 3 heteroatoms. The largest absolute Gasteiger partial charge is 0.280 e. The lowest BCUT2D eigenvalue weighted by atomic mass is 10.1. The van der Waals surface area contributed by atoms with Crippen LogP contribution in [0.3, 0.4) is 0 Å². The van der Waals surface area contributed by atoms with Gasteiger partial charge in [0.2, 0.25) is 0 Å². The van der Waals surface area contributed by atoms with Crippen LogP contribution < -0.4 is 0 Å². The van der Waals surface area contributed by atoms with Gasteiger partial charge in [-0.25, -0.2) is 4.39 Å². The van der Waals surface area contributed by atoms with Gasteiger partial charge in [0, 0.05) is 6.54 Å². The van der Waals surface area contributed by atoms with Gasteiger partial charge in [0.15, 0.2) is 0 Å². The molecule has 0 aliphatic carbocycles. The zero-order valence-electron chi connectivity index (χ0n) is 11.5. The molecule has 0 saturated carbocycles. The molecule has 1 atom stereocenters. The molecular formula is C17H17FN2. The minimum absolute atomic E-state index is 0.307. The van der Waals surface area contributed by atoms with E-state index in [9.17, 15) is 9.65 Å². The summed E-state index contributed by atoms with van der Waals surface area (Å²) in [7, 11) is 0. The van der Waals surface area contributed by atoms with Crippen molar-refractivity contribution in [1.29, 1.82) is 5.26 Å². The molecule has 0 aliphatic rings. The lowest BCUT2D eigenvalue weighted by molar-refractivity contribution is 0.239. The van der Waals surface area contributed by atoms with E-state index in [2.05, 4.69) is 6.07 Å². The predicted octanol–water partition coefficient (Wildman–Crippen LogP) is 3.91. The van der Waals surface area contributed by atoms with Crippen LogP contribution in [0.2, 0.25) is 0 Å². The number of halogens is 1. The van der Waals surface area contributed by atoms with Crippen LogP contribution in [0.15, 0.2) is 54.6 Å². The molecule has 0 aromatic heterocycles. The molecule has 0 saturated heterocycles. The first-order valence-electron chi connectivity index (χ1n) is 6.67. The summed E-state index contributed by atoms with van der Waals surface area (Å²) in [6, 6.07) is 18.1. The fraction of sp³-hybridized carbons (Fsp3) is 0.235. The second-order valence-corrected chi connectivity index (χ2v) is 4.64. The summed E-state index contributed by atoms with van der Waals surface area (Å²) in [6.07, 6.45) is 0. The van der Waals surface area contributed by atoms with E-state index in [1.165, 1.54) is 12.1 Å². The number of nitrogens with zero attached hydrogens (tertiary/aromatic N) is 2. The van der Waals surface area contributed by atoms with Gasteiger partial charge in [-0.1, -0.05) is 49.4 Å². The molecule has 102 valence electrons. The van der Waals surface area contributed by atoms with Gasteiger partial charge in [0.25, 0.3) is 0 Å². The quantitative estimate of drug-likeness (QED) is 0.822. The Kier molecular flexibility index (Phi) is 4.86. The Balaban J connectivity index is 2.22. The third-order valence-corrected chi connectivity index (χ3v) is 3.29. The number of rotatable bonds is 5. The van der Waals surface area contributed by atoms with Crippen molar-refractivity contribution in [2.24, 2.45) is 0 Å². The Hall–Kier alpha value is -2.18. The molecule has 20 heavy (non-hydrogen) atoms. The highest BCUT2D eigenvalue weighted by atomic mass is 19.1. The van der Waals surface area contributed by atoms with E-state index in [4.69, 9.17) is 0 Å². The van der Waals surface area contributed by atoms with E-state index in [1.807, 2.05) is 42.2 Å². The third-order valence-electron chi connectivity index (χ3n) is 3.29. The molecule has 0 amide bonds. The van der Waals surface area contributed by atoms with Crippen LogP contribution in [0, 0.1) is 17.1 Å². The summed E-state index contributed by atoms with van der Waals surface area (Å²) in [5.41, 5.74) is 1.84. The topological polar surface area (TPSA) is 27.0 Å². The SMILES string of the molecule is CCN(Cc1ccccc1)C(C#N)c1cccc(F)c1. The highest BCUT2D eigenvalue weighted by molar-refractivity contribution is 5.25. The van der Waals surface area contributed by atoms with Crippen LogP contribution in [0.25, 0.3) is 0 Å². The Morgan fingerprint density at radius 3 is 2.50 bits per heavy atom. The van der Waals surface area contributed by atoms with Crippen molar-refractivity contribution in [1.82, 2.24) is 4.90 Å². The van der Waals surface area contributed by atoms with Crippen molar-refractivity contribution < 1.29 is 4.39 Å². The molecule has 0 fully saturated rings. The zero-order valence-corrected chi connectivity index (χ0v) is 11.5. The molecule has 1 unspecified atom stereocenters. The normalized spacial score (nSPS) is 12.1. The Morgan fingerprint density at radius 1 is 1.15 bits per heavy atom. The van der Waals surface area contributed by atoms with Gasteiger partial charge < -0.3 is 0 Å². The maximum Gasteiger partial charge on any atom is 0.124 e. The average Bonchev–Trinajstić information content (AvgIpc) is 2.48. The van der Waals surface area contributed by atoms with E-state index in [0.29, 0.717) is 12.1 Å². The molecule has 2 rings (SSSR count). The van der Waals surface area contributed by atoms with Gasteiger partial charge in [-0.2, -0.15) is 5.26 Å². The smallest absolute Gasteiger partial charge is 0.124 e. The van der Waals surface area contributed by atoms with E-state index < -0.39 is 6.04 Å². The molecule has 2 aromatic rings. The van der Waals surface area contributed by atoms with Gasteiger partial charge in [0.05, 0.1) is 6.07 Å². The maximum atomic E-state index is 13.3. The lowest BCUT2D eigenvalue weighted by Crippen LogP contribution is -2.27. The average molecular weight is 268 g/mol. The van der Waals surface area contributed by atoms with E-state index in [1.54, 1.807) is 12.1 Å². The lowest BCUT2D eigenvalue weighted by Gasteiger charge is -2.26. The second-order valence-electron chi connectivity index (χ2n) is 4.64. The van der Waals surface area contributed by atoms with Crippen LogP contribution in [-0.4, -0.2) is 11.4 Å². The summed E-state index contributed by atoms with van der Waals surface area (Å²) < 4.78 is 13.3. The predicted molar refractivity (Wildman–Crippen MR) is 77.3 cm³/mol. The summed E-state index contributed by atoms with van der Waals surface area (Å²) in [4.78, 5) is 2.03. The molecule has 0 N–H and O–H groups in total. The molecule has 0 heterocycles. The second kappa shape index (κ2) is 6.83. The number of hydrogen-bond acceptors (Lipinski definition) is 2. The Morgan fingerprint density at radius 2 is 1.90 bits per heavy atom. The van der Waals surface area contributed by atoms with Crippen molar-refractivity contribution in [3.8, 4) is 6.07 Å². The van der Waals surface area contributed by atoms with Crippen LogP contribution in [-0.2, 0) is 6.54 Å². The number of benzene rings is 2.